The van der Waals surface area contributed by atoms with E-state index in [9.17, 15) is 23.1 Å². The van der Waals surface area contributed by atoms with E-state index in [0.29, 0.717) is 5.56 Å². The highest BCUT2D eigenvalue weighted by Gasteiger charge is 2.21. The quantitative estimate of drug-likeness (QED) is 0.120. The second kappa shape index (κ2) is 11.9. The molecular formula is C25H26ClN5O5S. The van der Waals surface area contributed by atoms with Crippen molar-refractivity contribution < 1.29 is 23.1 Å². The number of hydrogen-bond donors (Lipinski definition) is 5. The molecule has 6 N–H and O–H groups in total. The molecule has 12 heteroatoms. The van der Waals surface area contributed by atoms with Gasteiger partial charge in [-0.2, -0.15) is 5.10 Å². The normalized spacial score (nSPS) is 12.6. The summed E-state index contributed by atoms with van der Waals surface area (Å²) in [5.74, 6) is 3.78. The molecule has 3 rings (SSSR count). The molecule has 0 heterocycles. The lowest BCUT2D eigenvalue weighted by molar-refractivity contribution is -0.116. The average Bonchev–Trinajstić information content (AvgIpc) is 2.83. The number of amides is 2. The molecular weight excluding hydrogens is 518 g/mol. The van der Waals surface area contributed by atoms with E-state index >= 15 is 0 Å². The Kier molecular flexibility index (Phi) is 8.87. The number of aromatic hydroxyl groups is 1. The number of benzene rings is 3. The molecule has 0 aliphatic heterocycles. The Morgan fingerprint density at radius 2 is 1.68 bits per heavy atom. The van der Waals surface area contributed by atoms with Crippen LogP contribution in [-0.4, -0.2) is 37.1 Å². The van der Waals surface area contributed by atoms with Crippen molar-refractivity contribution in [1.82, 2.24) is 4.72 Å². The number of sulfonamides is 1. The fourth-order valence-corrected chi connectivity index (χ4v) is 4.83. The molecule has 2 amide bonds. The molecule has 0 aliphatic rings. The van der Waals surface area contributed by atoms with Gasteiger partial charge < -0.3 is 21.6 Å². The maximum atomic E-state index is 12.6. The van der Waals surface area contributed by atoms with Gasteiger partial charge in [-0.3, -0.25) is 9.59 Å². The SMILES string of the molecule is Cc1ccc(S(=O)(=O)NC(C)CC(=O)Nc2cc(O)c(NC(=O)/C(=N/N)c3ccccc3)cc2Cl)cc1. The minimum Gasteiger partial charge on any atom is -0.506 e. The molecule has 0 saturated heterocycles. The smallest absolute Gasteiger partial charge is 0.276 e. The van der Waals surface area contributed by atoms with Gasteiger partial charge in [0.15, 0.2) is 5.71 Å². The van der Waals surface area contributed by atoms with Crippen molar-refractivity contribution in [3.63, 3.8) is 0 Å². The first-order valence-corrected chi connectivity index (χ1v) is 12.9. The van der Waals surface area contributed by atoms with Crippen molar-refractivity contribution in [3.8, 4) is 5.75 Å². The summed E-state index contributed by atoms with van der Waals surface area (Å²) in [5, 5.41) is 19.0. The van der Waals surface area contributed by atoms with Crippen molar-refractivity contribution >= 4 is 50.5 Å². The van der Waals surface area contributed by atoms with Gasteiger partial charge >= 0.3 is 0 Å². The van der Waals surface area contributed by atoms with Crippen LogP contribution in [0.3, 0.4) is 0 Å². The van der Waals surface area contributed by atoms with Crippen molar-refractivity contribution in [1.29, 1.82) is 0 Å². The van der Waals surface area contributed by atoms with E-state index in [2.05, 4.69) is 20.5 Å². The maximum Gasteiger partial charge on any atom is 0.276 e. The van der Waals surface area contributed by atoms with E-state index < -0.39 is 27.9 Å². The Morgan fingerprint density at radius 1 is 1.03 bits per heavy atom. The second-order valence-electron chi connectivity index (χ2n) is 8.23. The summed E-state index contributed by atoms with van der Waals surface area (Å²) in [7, 11) is -3.81. The second-order valence-corrected chi connectivity index (χ2v) is 10.4. The Balaban J connectivity index is 1.64. The van der Waals surface area contributed by atoms with Crippen LogP contribution in [0, 0.1) is 6.92 Å². The summed E-state index contributed by atoms with van der Waals surface area (Å²) >= 11 is 6.25. The molecule has 0 spiro atoms. The van der Waals surface area contributed by atoms with Crippen molar-refractivity contribution in [3.05, 3.63) is 82.9 Å². The molecule has 3 aromatic rings. The molecule has 1 atom stereocenters. The summed E-state index contributed by atoms with van der Waals surface area (Å²) < 4.78 is 27.5. The number of hydrazone groups is 1. The number of carbonyl (C=O) groups excluding carboxylic acids is 2. The zero-order valence-corrected chi connectivity index (χ0v) is 21.6. The third-order valence-electron chi connectivity index (χ3n) is 5.18. The van der Waals surface area contributed by atoms with Gasteiger partial charge in [0.25, 0.3) is 5.91 Å². The molecule has 10 nitrogen and oxygen atoms in total. The number of phenolic OH excluding ortho intramolecular Hbond substituents is 1. The number of phenols is 1. The number of halogens is 1. The summed E-state index contributed by atoms with van der Waals surface area (Å²) in [6, 6.07) is 16.5. The first-order valence-electron chi connectivity index (χ1n) is 11.1. The van der Waals surface area contributed by atoms with Crippen LogP contribution in [0.2, 0.25) is 5.02 Å². The highest BCUT2D eigenvalue weighted by atomic mass is 35.5. The van der Waals surface area contributed by atoms with Gasteiger partial charge in [0.2, 0.25) is 15.9 Å². The van der Waals surface area contributed by atoms with Gasteiger partial charge in [0.05, 0.1) is 21.3 Å². The monoisotopic (exact) mass is 543 g/mol. The van der Waals surface area contributed by atoms with Crippen molar-refractivity contribution in [2.24, 2.45) is 10.9 Å². The number of nitrogens with one attached hydrogen (secondary N) is 3. The Bertz CT molecular complexity index is 1430. The van der Waals surface area contributed by atoms with E-state index in [4.69, 9.17) is 17.4 Å². The van der Waals surface area contributed by atoms with E-state index in [0.717, 1.165) is 5.56 Å². The van der Waals surface area contributed by atoms with Crippen LogP contribution in [0.4, 0.5) is 11.4 Å². The van der Waals surface area contributed by atoms with Crippen LogP contribution in [0.15, 0.2) is 76.7 Å². The molecule has 0 fully saturated rings. The molecule has 0 aromatic heterocycles. The lowest BCUT2D eigenvalue weighted by Crippen LogP contribution is -2.35. The third-order valence-corrected chi connectivity index (χ3v) is 7.10. The lowest BCUT2D eigenvalue weighted by Gasteiger charge is -2.16. The average molecular weight is 544 g/mol. The van der Waals surface area contributed by atoms with Crippen LogP contribution in [0.5, 0.6) is 5.75 Å². The number of aryl methyl sites for hydroxylation is 1. The predicted molar refractivity (Wildman–Crippen MR) is 143 cm³/mol. The van der Waals surface area contributed by atoms with Gasteiger partial charge in [-0.15, -0.1) is 0 Å². The number of hydrogen-bond acceptors (Lipinski definition) is 7. The number of rotatable bonds is 9. The van der Waals surface area contributed by atoms with Crippen LogP contribution in [-0.2, 0) is 19.6 Å². The Hall–Kier alpha value is -3.93. The molecule has 194 valence electrons. The Morgan fingerprint density at radius 3 is 2.30 bits per heavy atom. The topological polar surface area (TPSA) is 163 Å². The summed E-state index contributed by atoms with van der Waals surface area (Å²) in [5.41, 5.74) is 1.39. The van der Waals surface area contributed by atoms with Crippen LogP contribution in [0.1, 0.15) is 24.5 Å². The van der Waals surface area contributed by atoms with E-state index in [1.54, 1.807) is 49.4 Å². The van der Waals surface area contributed by atoms with Gasteiger partial charge in [-0.1, -0.05) is 59.6 Å². The lowest BCUT2D eigenvalue weighted by atomic mass is 10.1. The standard InChI is InChI=1S/C25H26ClN5O5S/c1-15-8-10-18(11-9-15)37(35,36)31-16(2)12-23(33)28-20-14-22(32)21(13-19(20)26)29-25(34)24(30-27)17-6-4-3-5-7-17/h3-11,13-14,16,31-32H,12,27H2,1-2H3,(H,28,33)(H,29,34)/b30-24+. The molecule has 0 radical (unpaired) electrons. The van der Waals surface area contributed by atoms with E-state index in [1.807, 2.05) is 6.92 Å². The minimum absolute atomic E-state index is 0.0238. The molecule has 3 aromatic carbocycles. The summed E-state index contributed by atoms with van der Waals surface area (Å²) in [4.78, 5) is 25.2. The van der Waals surface area contributed by atoms with Crippen LogP contribution < -0.4 is 21.2 Å². The number of anilines is 2. The van der Waals surface area contributed by atoms with Crippen LogP contribution >= 0.6 is 11.6 Å². The molecule has 0 bridgehead atoms. The van der Waals surface area contributed by atoms with Gasteiger partial charge in [0.1, 0.15) is 5.75 Å². The fraction of sp³-hybridized carbons (Fsp3) is 0.160. The summed E-state index contributed by atoms with van der Waals surface area (Å²) in [6.07, 6.45) is -0.200. The highest BCUT2D eigenvalue weighted by Crippen LogP contribution is 2.34. The van der Waals surface area contributed by atoms with Crippen LogP contribution in [0.25, 0.3) is 0 Å². The largest absolute Gasteiger partial charge is 0.506 e. The number of nitrogens with two attached hydrogens (primary N) is 1. The molecule has 1 unspecified atom stereocenters. The van der Waals surface area contributed by atoms with Gasteiger partial charge in [-0.05, 0) is 32.0 Å². The summed E-state index contributed by atoms with van der Waals surface area (Å²) in [6.45, 7) is 3.39. The maximum absolute atomic E-state index is 12.6. The minimum atomic E-state index is -3.81. The van der Waals surface area contributed by atoms with Crippen molar-refractivity contribution in [2.75, 3.05) is 10.6 Å². The zero-order chi connectivity index (χ0) is 27.2. The van der Waals surface area contributed by atoms with Gasteiger partial charge in [-0.25, -0.2) is 13.1 Å². The number of nitrogens with zero attached hydrogens (tertiary/aromatic N) is 1. The first kappa shape index (κ1) is 27.7. The highest BCUT2D eigenvalue weighted by molar-refractivity contribution is 7.89. The zero-order valence-electron chi connectivity index (χ0n) is 20.0. The first-order chi connectivity index (χ1) is 17.5. The van der Waals surface area contributed by atoms with E-state index in [-0.39, 0.29) is 39.2 Å². The number of carbonyl (C=O) groups is 2. The third kappa shape index (κ3) is 7.29. The Labute approximate surface area is 219 Å². The van der Waals surface area contributed by atoms with Crippen molar-refractivity contribution in [2.45, 2.75) is 31.2 Å². The molecule has 0 aliphatic carbocycles. The fourth-order valence-electron chi connectivity index (χ4n) is 3.37. The van der Waals surface area contributed by atoms with E-state index in [1.165, 1.54) is 24.3 Å². The molecule has 0 saturated carbocycles. The van der Waals surface area contributed by atoms with Gasteiger partial charge in [0, 0.05) is 24.1 Å². The predicted octanol–water partition coefficient (Wildman–Crippen LogP) is 3.35. The molecule has 37 heavy (non-hydrogen) atoms.